The van der Waals surface area contributed by atoms with Crippen LogP contribution in [-0.2, 0) is 0 Å². The van der Waals surface area contributed by atoms with Crippen LogP contribution in [0.5, 0.6) is 11.5 Å². The monoisotopic (exact) mass is 473 g/mol. The Hall–Kier alpha value is -4.18. The Kier molecular flexibility index (Phi) is 6.19. The molecule has 1 N–H and O–H groups in total. The molecule has 1 aliphatic heterocycles. The van der Waals surface area contributed by atoms with Crippen LogP contribution in [0.3, 0.4) is 0 Å². The third-order valence-electron chi connectivity index (χ3n) is 6.13. The van der Waals surface area contributed by atoms with Crippen molar-refractivity contribution in [3.8, 4) is 22.8 Å². The van der Waals surface area contributed by atoms with E-state index in [0.29, 0.717) is 23.0 Å². The third kappa shape index (κ3) is 4.60. The number of carbonyl (C=O) groups excluding carboxylic acids is 1. The number of pyridine rings is 1. The van der Waals surface area contributed by atoms with Gasteiger partial charge in [0.1, 0.15) is 5.82 Å². The molecule has 180 valence electrons. The molecule has 0 saturated carbocycles. The summed E-state index contributed by atoms with van der Waals surface area (Å²) in [6.07, 6.45) is 3.48. The smallest absolute Gasteiger partial charge is 0.277 e. The van der Waals surface area contributed by atoms with E-state index in [2.05, 4.69) is 37.2 Å². The van der Waals surface area contributed by atoms with Gasteiger partial charge < -0.3 is 24.6 Å². The van der Waals surface area contributed by atoms with Crippen molar-refractivity contribution in [2.45, 2.75) is 0 Å². The Balaban J connectivity index is 1.36. The number of nitrogens with one attached hydrogen (secondary N) is 1. The molecule has 0 unspecified atom stereocenters. The molecular formula is C25H27N7O3. The summed E-state index contributed by atoms with van der Waals surface area (Å²) in [7, 11) is 5.31. The van der Waals surface area contributed by atoms with Crippen LogP contribution in [0.4, 0.5) is 11.5 Å². The van der Waals surface area contributed by atoms with Gasteiger partial charge in [-0.3, -0.25) is 4.79 Å². The van der Waals surface area contributed by atoms with Crippen LogP contribution in [0.25, 0.3) is 16.9 Å². The molecule has 5 rings (SSSR count). The Morgan fingerprint density at radius 3 is 2.46 bits per heavy atom. The lowest BCUT2D eigenvalue weighted by Gasteiger charge is -2.33. The van der Waals surface area contributed by atoms with Gasteiger partial charge in [-0.15, -0.1) is 0 Å². The number of benzene rings is 1. The molecule has 1 aliphatic rings. The number of methoxy groups -OCH3 is 2. The molecule has 0 radical (unpaired) electrons. The lowest BCUT2D eigenvalue weighted by molar-refractivity contribution is 0.102. The number of ether oxygens (including phenoxy) is 2. The highest BCUT2D eigenvalue weighted by molar-refractivity contribution is 6.03. The zero-order valence-electron chi connectivity index (χ0n) is 19.9. The number of amides is 1. The van der Waals surface area contributed by atoms with Crippen LogP contribution in [-0.4, -0.2) is 77.8 Å². The van der Waals surface area contributed by atoms with Crippen LogP contribution in [0, 0.1) is 0 Å². The minimum atomic E-state index is -0.353. The average Bonchev–Trinajstić information content (AvgIpc) is 3.34. The van der Waals surface area contributed by atoms with Gasteiger partial charge >= 0.3 is 0 Å². The van der Waals surface area contributed by atoms with E-state index in [4.69, 9.17) is 9.47 Å². The van der Waals surface area contributed by atoms with Crippen LogP contribution >= 0.6 is 0 Å². The molecule has 3 aromatic heterocycles. The fraction of sp³-hybridized carbons (Fsp3) is 0.280. The van der Waals surface area contributed by atoms with Gasteiger partial charge in [0.25, 0.3) is 5.91 Å². The standard InChI is InChI=1S/C25H27N7O3/c1-30-10-12-31(13-11-30)18-5-7-23(27-16-18)28-25(33)19-15-24-26-9-8-20(32(24)29-19)17-4-6-21(34-2)22(14-17)35-3/h4-9,14-16H,10-13H2,1-3H3,(H,27,28,33). The first-order valence-electron chi connectivity index (χ1n) is 11.3. The molecule has 1 saturated heterocycles. The van der Waals surface area contributed by atoms with E-state index in [9.17, 15) is 4.79 Å². The van der Waals surface area contributed by atoms with Crippen molar-refractivity contribution in [1.29, 1.82) is 0 Å². The van der Waals surface area contributed by atoms with Gasteiger partial charge in [0.2, 0.25) is 0 Å². The summed E-state index contributed by atoms with van der Waals surface area (Å²) in [4.78, 5) is 26.3. The van der Waals surface area contributed by atoms with E-state index >= 15 is 0 Å². The van der Waals surface area contributed by atoms with Gasteiger partial charge in [-0.1, -0.05) is 0 Å². The number of rotatable bonds is 6. The second-order valence-corrected chi connectivity index (χ2v) is 8.35. The molecule has 10 nitrogen and oxygen atoms in total. The van der Waals surface area contributed by atoms with Crippen LogP contribution in [0.1, 0.15) is 10.5 Å². The fourth-order valence-electron chi connectivity index (χ4n) is 4.11. The molecule has 1 fully saturated rings. The molecule has 0 aliphatic carbocycles. The normalized spacial score (nSPS) is 14.2. The van der Waals surface area contributed by atoms with E-state index in [-0.39, 0.29) is 11.6 Å². The number of hydrogen-bond donors (Lipinski definition) is 1. The van der Waals surface area contributed by atoms with Gasteiger partial charge in [0.15, 0.2) is 22.8 Å². The molecule has 1 aromatic carbocycles. The van der Waals surface area contributed by atoms with Crippen molar-refractivity contribution in [3.05, 3.63) is 60.6 Å². The fourth-order valence-corrected chi connectivity index (χ4v) is 4.11. The Labute approximate surface area is 203 Å². The summed E-state index contributed by atoms with van der Waals surface area (Å²) in [5.41, 5.74) is 3.47. The molecule has 0 atom stereocenters. The van der Waals surface area contributed by atoms with Crippen molar-refractivity contribution in [1.82, 2.24) is 24.5 Å². The molecular weight excluding hydrogens is 446 g/mol. The Bertz CT molecular complexity index is 1350. The number of piperazine rings is 1. The quantitative estimate of drug-likeness (QED) is 0.457. The second-order valence-electron chi connectivity index (χ2n) is 8.35. The number of nitrogens with zero attached hydrogens (tertiary/aromatic N) is 6. The highest BCUT2D eigenvalue weighted by atomic mass is 16.5. The van der Waals surface area contributed by atoms with Gasteiger partial charge in [0.05, 0.1) is 31.8 Å². The summed E-state index contributed by atoms with van der Waals surface area (Å²) < 4.78 is 12.4. The third-order valence-corrected chi connectivity index (χ3v) is 6.13. The summed E-state index contributed by atoms with van der Waals surface area (Å²) in [6.45, 7) is 3.96. The Morgan fingerprint density at radius 1 is 0.943 bits per heavy atom. The summed E-state index contributed by atoms with van der Waals surface area (Å²) in [5, 5.41) is 7.34. The largest absolute Gasteiger partial charge is 0.493 e. The Morgan fingerprint density at radius 2 is 1.74 bits per heavy atom. The highest BCUT2D eigenvalue weighted by Crippen LogP contribution is 2.32. The number of anilines is 2. The average molecular weight is 474 g/mol. The first-order valence-corrected chi connectivity index (χ1v) is 11.3. The van der Waals surface area contributed by atoms with Crippen molar-refractivity contribution in [3.63, 3.8) is 0 Å². The van der Waals surface area contributed by atoms with Gasteiger partial charge in [0, 0.05) is 44.0 Å². The number of likely N-dealkylation sites (N-methyl/N-ethyl adjacent to an activating group) is 1. The number of fused-ring (bicyclic) bond motifs is 1. The first kappa shape index (κ1) is 22.6. The minimum Gasteiger partial charge on any atom is -0.493 e. The van der Waals surface area contributed by atoms with E-state index < -0.39 is 0 Å². The van der Waals surface area contributed by atoms with Crippen molar-refractivity contribution < 1.29 is 14.3 Å². The van der Waals surface area contributed by atoms with Crippen molar-refractivity contribution >= 4 is 23.1 Å². The summed E-state index contributed by atoms with van der Waals surface area (Å²) in [6, 6.07) is 12.9. The molecule has 0 spiro atoms. The molecule has 1 amide bonds. The molecule has 35 heavy (non-hydrogen) atoms. The molecule has 0 bridgehead atoms. The highest BCUT2D eigenvalue weighted by Gasteiger charge is 2.17. The van der Waals surface area contributed by atoms with E-state index in [1.807, 2.05) is 36.4 Å². The number of hydrogen-bond acceptors (Lipinski definition) is 8. The topological polar surface area (TPSA) is 97.1 Å². The predicted molar refractivity (Wildman–Crippen MR) is 133 cm³/mol. The minimum absolute atomic E-state index is 0.246. The molecule has 4 aromatic rings. The van der Waals surface area contributed by atoms with Crippen LogP contribution < -0.4 is 19.7 Å². The zero-order valence-corrected chi connectivity index (χ0v) is 19.9. The van der Waals surface area contributed by atoms with Crippen LogP contribution in [0.2, 0.25) is 0 Å². The number of aromatic nitrogens is 4. The first-order chi connectivity index (χ1) is 17.1. The molecule has 4 heterocycles. The molecule has 10 heteroatoms. The van der Waals surface area contributed by atoms with E-state index in [1.54, 1.807) is 37.2 Å². The lowest BCUT2D eigenvalue weighted by atomic mass is 10.1. The SMILES string of the molecule is COc1ccc(-c2ccnc3cc(C(=O)Nc4ccc(N5CCN(C)CC5)cn4)nn23)cc1OC. The lowest BCUT2D eigenvalue weighted by Crippen LogP contribution is -2.44. The maximum Gasteiger partial charge on any atom is 0.277 e. The predicted octanol–water partition coefficient (Wildman–Crippen LogP) is 2.81. The zero-order chi connectivity index (χ0) is 24.4. The van der Waals surface area contributed by atoms with Gasteiger partial charge in [-0.2, -0.15) is 5.10 Å². The van der Waals surface area contributed by atoms with Crippen LogP contribution in [0.15, 0.2) is 54.9 Å². The summed E-state index contributed by atoms with van der Waals surface area (Å²) >= 11 is 0. The second kappa shape index (κ2) is 9.59. The van der Waals surface area contributed by atoms with Crippen molar-refractivity contribution in [2.24, 2.45) is 0 Å². The van der Waals surface area contributed by atoms with Gasteiger partial charge in [-0.25, -0.2) is 14.5 Å². The van der Waals surface area contributed by atoms with E-state index in [0.717, 1.165) is 43.1 Å². The maximum atomic E-state index is 12.9. The van der Waals surface area contributed by atoms with Gasteiger partial charge in [-0.05, 0) is 43.4 Å². The van der Waals surface area contributed by atoms with Crippen molar-refractivity contribution in [2.75, 3.05) is 57.7 Å². The number of carbonyl (C=O) groups is 1. The summed E-state index contributed by atoms with van der Waals surface area (Å²) in [5.74, 6) is 1.35. The van der Waals surface area contributed by atoms with E-state index in [1.165, 1.54) is 0 Å². The maximum absolute atomic E-state index is 12.9.